The number of alkyl halides is 6. The summed E-state index contributed by atoms with van der Waals surface area (Å²) in [4.78, 5) is 45.1. The lowest BCUT2D eigenvalue weighted by molar-refractivity contribution is -0.385. The van der Waals surface area contributed by atoms with E-state index in [-0.39, 0.29) is 25.0 Å². The monoisotopic (exact) mass is 643 g/mol. The zero-order chi connectivity index (χ0) is 32.7. The number of piperidine rings is 1. The summed E-state index contributed by atoms with van der Waals surface area (Å²) in [6.07, 6.45) is -7.20. The summed E-state index contributed by atoms with van der Waals surface area (Å²) in [5, 5.41) is 21.3. The molecule has 43 heavy (non-hydrogen) atoms. The molecule has 1 aliphatic rings. The van der Waals surface area contributed by atoms with Gasteiger partial charge < -0.3 is 14.4 Å². The molecule has 0 aliphatic carbocycles. The third-order valence-electron chi connectivity index (χ3n) is 5.85. The largest absolute Gasteiger partial charge is 0.462 e. The predicted octanol–water partition coefficient (Wildman–Crippen LogP) is 7.22. The maximum absolute atomic E-state index is 13.0. The van der Waals surface area contributed by atoms with Crippen molar-refractivity contribution in [1.29, 1.82) is 0 Å². The summed E-state index contributed by atoms with van der Waals surface area (Å²) in [6, 6.07) is 1.81. The molecular weight excluding hydrogens is 620 g/mol. The molecule has 0 unspecified atom stereocenters. The number of nitro benzene ring substituents is 2. The molecule has 2 aromatic rings. The van der Waals surface area contributed by atoms with Gasteiger partial charge in [-0.1, -0.05) is 11.6 Å². The Labute approximate surface area is 244 Å². The number of halogens is 7. The van der Waals surface area contributed by atoms with Gasteiger partial charge in [-0.15, -0.1) is 0 Å². The molecule has 1 heterocycles. The van der Waals surface area contributed by atoms with Gasteiger partial charge in [0.25, 0.3) is 11.4 Å². The van der Waals surface area contributed by atoms with E-state index in [2.05, 4.69) is 4.74 Å². The molecule has 0 bridgehead atoms. The van der Waals surface area contributed by atoms with E-state index in [1.165, 1.54) is 13.8 Å². The molecule has 0 saturated carbocycles. The number of hydrogen-bond donors (Lipinski definition) is 0. The van der Waals surface area contributed by atoms with Crippen molar-refractivity contribution >= 4 is 40.6 Å². The highest BCUT2D eigenvalue weighted by Gasteiger charge is 2.38. The van der Waals surface area contributed by atoms with Crippen LogP contribution in [0.2, 0.25) is 5.02 Å². The van der Waals surface area contributed by atoms with Crippen LogP contribution in [0.3, 0.4) is 0 Å². The molecule has 0 atom stereocenters. The molecule has 3 rings (SSSR count). The van der Waals surface area contributed by atoms with Gasteiger partial charge in [-0.2, -0.15) is 26.3 Å². The Hall–Kier alpha value is -4.15. The Kier molecular flexibility index (Phi) is 11.7. The van der Waals surface area contributed by atoms with Crippen LogP contribution in [0, 0.1) is 20.2 Å². The van der Waals surface area contributed by atoms with E-state index in [0.29, 0.717) is 31.3 Å². The number of esters is 2. The predicted molar refractivity (Wildman–Crippen MR) is 139 cm³/mol. The minimum absolute atomic E-state index is 0.0394. The van der Waals surface area contributed by atoms with Gasteiger partial charge in [-0.25, -0.2) is 9.59 Å². The first-order valence-electron chi connectivity index (χ1n) is 12.5. The number of ether oxygens (including phenoxy) is 2. The number of carbonyl (C=O) groups excluding carboxylic acids is 2. The van der Waals surface area contributed by atoms with Crippen LogP contribution in [0.25, 0.3) is 0 Å². The molecule has 0 N–H and O–H groups in total. The molecule has 2 aromatic carbocycles. The zero-order valence-corrected chi connectivity index (χ0v) is 23.3. The van der Waals surface area contributed by atoms with Gasteiger partial charge >= 0.3 is 24.3 Å². The third kappa shape index (κ3) is 8.92. The van der Waals surface area contributed by atoms with Gasteiger partial charge in [-0.05, 0) is 45.2 Å². The van der Waals surface area contributed by atoms with Crippen molar-refractivity contribution in [2.45, 2.75) is 45.5 Å². The van der Waals surface area contributed by atoms with Crippen molar-refractivity contribution in [3.8, 4) is 0 Å². The van der Waals surface area contributed by atoms with E-state index in [1.54, 1.807) is 4.90 Å². The average molecular weight is 644 g/mol. The second-order valence-electron chi connectivity index (χ2n) is 8.75. The standard InChI is InChI=1S/C15H17F3N2O4.C10H7ClF3NO4/c1-2-24-14(21)11-8-10(15(16,17)18)9-12(20(22)23)13(11)19-6-4-3-5-7-19;1-2-19-9(16)6-3-5(10(12,13)14)4-7(8(6)11)15(17)18/h8-9H,2-7H2,1H3;3-4H,2H2,1H3. The summed E-state index contributed by atoms with van der Waals surface area (Å²) in [5.74, 6) is -2.14. The van der Waals surface area contributed by atoms with Crippen molar-refractivity contribution < 1.29 is 55.3 Å². The van der Waals surface area contributed by atoms with Crippen LogP contribution in [0.1, 0.15) is 65.0 Å². The molecular formula is C25H24ClF6N3O8. The van der Waals surface area contributed by atoms with Gasteiger partial charge in [0, 0.05) is 25.2 Å². The normalized spacial score (nSPS) is 13.5. The lowest BCUT2D eigenvalue weighted by Gasteiger charge is -2.30. The summed E-state index contributed by atoms with van der Waals surface area (Å²) in [5.41, 5.74) is -5.50. The van der Waals surface area contributed by atoms with E-state index >= 15 is 0 Å². The molecule has 0 amide bonds. The Morgan fingerprint density at radius 2 is 1.21 bits per heavy atom. The highest BCUT2D eigenvalue weighted by Crippen LogP contribution is 2.41. The third-order valence-corrected chi connectivity index (χ3v) is 6.25. The van der Waals surface area contributed by atoms with Gasteiger partial charge in [0.15, 0.2) is 0 Å². The molecule has 1 fully saturated rings. The lowest BCUT2D eigenvalue weighted by atomic mass is 10.0. The fourth-order valence-electron chi connectivity index (χ4n) is 4.00. The summed E-state index contributed by atoms with van der Waals surface area (Å²) in [6.45, 7) is 3.70. The first-order chi connectivity index (χ1) is 19.9. The molecule has 1 aliphatic heterocycles. The van der Waals surface area contributed by atoms with Crippen LogP contribution in [0.5, 0.6) is 0 Å². The molecule has 0 aromatic heterocycles. The smallest absolute Gasteiger partial charge is 0.416 e. The van der Waals surface area contributed by atoms with Crippen LogP contribution in [-0.2, 0) is 21.8 Å². The van der Waals surface area contributed by atoms with Gasteiger partial charge in [0.1, 0.15) is 10.7 Å². The lowest BCUT2D eigenvalue weighted by Crippen LogP contribution is -2.32. The maximum Gasteiger partial charge on any atom is 0.416 e. The van der Waals surface area contributed by atoms with E-state index in [4.69, 9.17) is 16.3 Å². The molecule has 236 valence electrons. The van der Waals surface area contributed by atoms with Crippen LogP contribution < -0.4 is 4.90 Å². The van der Waals surface area contributed by atoms with Crippen LogP contribution in [0.15, 0.2) is 24.3 Å². The number of nitrogens with zero attached hydrogens (tertiary/aromatic N) is 3. The molecule has 11 nitrogen and oxygen atoms in total. The number of carbonyl (C=O) groups is 2. The van der Waals surface area contributed by atoms with Crippen LogP contribution in [-0.4, -0.2) is 48.1 Å². The second-order valence-corrected chi connectivity index (χ2v) is 9.12. The minimum atomic E-state index is -4.84. The van der Waals surface area contributed by atoms with Gasteiger partial charge in [0.2, 0.25) is 0 Å². The topological polar surface area (TPSA) is 142 Å². The SMILES string of the molecule is CCOC(=O)c1cc(C(F)(F)F)cc([N+](=O)[O-])c1Cl.CCOC(=O)c1cc(C(F)(F)F)cc([N+](=O)[O-])c1N1CCCCC1. The van der Waals surface area contributed by atoms with E-state index in [1.807, 2.05) is 0 Å². The Bertz CT molecular complexity index is 1380. The van der Waals surface area contributed by atoms with E-state index < -0.39 is 72.8 Å². The number of hydrogen-bond acceptors (Lipinski definition) is 9. The molecule has 1 saturated heterocycles. The minimum Gasteiger partial charge on any atom is -0.462 e. The molecule has 0 radical (unpaired) electrons. The summed E-state index contributed by atoms with van der Waals surface area (Å²) < 4.78 is 86.2. The summed E-state index contributed by atoms with van der Waals surface area (Å²) >= 11 is 5.55. The first kappa shape index (κ1) is 35.0. The Morgan fingerprint density at radius 1 is 0.791 bits per heavy atom. The van der Waals surface area contributed by atoms with Crippen LogP contribution in [0.4, 0.5) is 43.4 Å². The quantitative estimate of drug-likeness (QED) is 0.132. The van der Waals surface area contributed by atoms with Crippen molar-refractivity contribution in [3.63, 3.8) is 0 Å². The fraction of sp³-hybridized carbons (Fsp3) is 0.440. The van der Waals surface area contributed by atoms with Gasteiger partial charge in [0.05, 0.1) is 45.3 Å². The Morgan fingerprint density at radius 3 is 1.63 bits per heavy atom. The number of anilines is 1. The fourth-order valence-corrected chi connectivity index (χ4v) is 4.25. The second kappa shape index (κ2) is 14.3. The molecule has 18 heteroatoms. The van der Waals surface area contributed by atoms with Crippen LogP contribution >= 0.6 is 11.6 Å². The first-order valence-corrected chi connectivity index (χ1v) is 12.9. The van der Waals surface area contributed by atoms with Crippen molar-refractivity contribution in [2.75, 3.05) is 31.2 Å². The van der Waals surface area contributed by atoms with E-state index in [9.17, 15) is 56.2 Å². The van der Waals surface area contributed by atoms with Crippen molar-refractivity contribution in [1.82, 2.24) is 0 Å². The number of benzene rings is 2. The Balaban J connectivity index is 0.000000309. The number of nitro groups is 2. The highest BCUT2D eigenvalue weighted by molar-refractivity contribution is 6.35. The number of rotatable bonds is 7. The van der Waals surface area contributed by atoms with E-state index in [0.717, 1.165) is 19.3 Å². The summed E-state index contributed by atoms with van der Waals surface area (Å²) in [7, 11) is 0. The zero-order valence-electron chi connectivity index (χ0n) is 22.5. The van der Waals surface area contributed by atoms with Crippen molar-refractivity contribution in [2.24, 2.45) is 0 Å². The molecule has 0 spiro atoms. The van der Waals surface area contributed by atoms with Gasteiger partial charge in [-0.3, -0.25) is 20.2 Å². The van der Waals surface area contributed by atoms with Crippen molar-refractivity contribution in [3.05, 3.63) is 71.8 Å². The maximum atomic E-state index is 13.0. The highest BCUT2D eigenvalue weighted by atomic mass is 35.5. The average Bonchev–Trinajstić information content (AvgIpc) is 2.92.